The molecule has 31 heavy (non-hydrogen) atoms. The molecule has 1 fully saturated rings. The molecule has 2 heterocycles. The molecule has 0 spiro atoms. The summed E-state index contributed by atoms with van der Waals surface area (Å²) in [5.74, 6) is 0.175. The van der Waals surface area contributed by atoms with Crippen LogP contribution in [0.3, 0.4) is 0 Å². The zero-order valence-corrected chi connectivity index (χ0v) is 17.2. The normalized spacial score (nSPS) is 14.9. The van der Waals surface area contributed by atoms with Crippen LogP contribution in [0.4, 0.5) is 10.5 Å². The Labute approximate surface area is 185 Å². The Morgan fingerprint density at radius 2 is 1.81 bits per heavy atom. The summed E-state index contributed by atoms with van der Waals surface area (Å²) < 4.78 is 5.70. The molecule has 0 aliphatic carbocycles. The van der Waals surface area contributed by atoms with Crippen LogP contribution in [-0.4, -0.2) is 21.8 Å². The van der Waals surface area contributed by atoms with Gasteiger partial charge in [-0.1, -0.05) is 35.3 Å². The SMILES string of the molecule is O=C1NC(=Cc2ccc(-c3ccc([N+](=O)[O-])cc3Cl)o2)C(=O)N1Cc1ccc(Cl)cc1. The van der Waals surface area contributed by atoms with Crippen LogP contribution < -0.4 is 5.32 Å². The lowest BCUT2D eigenvalue weighted by molar-refractivity contribution is -0.384. The van der Waals surface area contributed by atoms with E-state index in [1.54, 1.807) is 36.4 Å². The molecule has 3 aromatic rings. The number of carbonyl (C=O) groups excluding carboxylic acids is 2. The lowest BCUT2D eigenvalue weighted by atomic mass is 10.1. The maximum Gasteiger partial charge on any atom is 0.329 e. The first-order valence-electron chi connectivity index (χ1n) is 8.95. The maximum absolute atomic E-state index is 12.6. The van der Waals surface area contributed by atoms with Gasteiger partial charge in [0, 0.05) is 28.8 Å². The van der Waals surface area contributed by atoms with Gasteiger partial charge in [0.15, 0.2) is 0 Å². The van der Waals surface area contributed by atoms with E-state index in [-0.39, 0.29) is 23.0 Å². The summed E-state index contributed by atoms with van der Waals surface area (Å²) in [4.78, 5) is 36.3. The first-order valence-corrected chi connectivity index (χ1v) is 9.70. The molecule has 1 aromatic heterocycles. The molecule has 8 nitrogen and oxygen atoms in total. The van der Waals surface area contributed by atoms with E-state index in [1.165, 1.54) is 24.3 Å². The number of hydrogen-bond donors (Lipinski definition) is 1. The second-order valence-electron chi connectivity index (χ2n) is 6.63. The summed E-state index contributed by atoms with van der Waals surface area (Å²) in [6.07, 6.45) is 1.41. The molecule has 1 aliphatic heterocycles. The molecule has 0 bridgehead atoms. The van der Waals surface area contributed by atoms with Gasteiger partial charge in [0.25, 0.3) is 11.6 Å². The largest absolute Gasteiger partial charge is 0.457 e. The fourth-order valence-corrected chi connectivity index (χ4v) is 3.42. The molecule has 0 unspecified atom stereocenters. The number of nitro benzene ring substituents is 1. The van der Waals surface area contributed by atoms with E-state index < -0.39 is 16.9 Å². The Balaban J connectivity index is 1.54. The van der Waals surface area contributed by atoms with E-state index in [0.29, 0.717) is 22.1 Å². The van der Waals surface area contributed by atoms with Gasteiger partial charge in [-0.2, -0.15) is 0 Å². The van der Waals surface area contributed by atoms with Crippen molar-refractivity contribution < 1.29 is 18.9 Å². The number of halogens is 2. The van der Waals surface area contributed by atoms with Gasteiger partial charge in [0.05, 0.1) is 16.5 Å². The number of nitrogens with zero attached hydrogens (tertiary/aromatic N) is 2. The number of rotatable bonds is 5. The Kier molecular flexibility index (Phi) is 5.50. The van der Waals surface area contributed by atoms with Crippen molar-refractivity contribution in [3.05, 3.63) is 91.8 Å². The first-order chi connectivity index (χ1) is 14.8. The highest BCUT2D eigenvalue weighted by molar-refractivity contribution is 6.33. The molecule has 0 saturated carbocycles. The molecule has 3 amide bonds. The standard InChI is InChI=1S/C21H13Cl2N3O5/c22-13-3-1-12(2-4-13)11-25-20(27)18(24-21(25)28)10-15-6-8-19(31-15)16-7-5-14(26(29)30)9-17(16)23/h1-10H,11H2,(H,24,28). The predicted molar refractivity (Wildman–Crippen MR) is 114 cm³/mol. The number of carbonyl (C=O) groups is 2. The molecule has 156 valence electrons. The molecule has 0 radical (unpaired) electrons. The van der Waals surface area contributed by atoms with Crippen molar-refractivity contribution in [2.45, 2.75) is 6.54 Å². The molecule has 1 saturated heterocycles. The quantitative estimate of drug-likeness (QED) is 0.243. The number of hydrogen-bond acceptors (Lipinski definition) is 5. The van der Waals surface area contributed by atoms with E-state index >= 15 is 0 Å². The Morgan fingerprint density at radius 3 is 2.48 bits per heavy atom. The first kappa shape index (κ1) is 20.6. The summed E-state index contributed by atoms with van der Waals surface area (Å²) in [5.41, 5.74) is 1.14. The van der Waals surface area contributed by atoms with Gasteiger partial charge in [0.2, 0.25) is 0 Å². The molecular formula is C21H13Cl2N3O5. The minimum absolute atomic E-state index is 0.0645. The molecule has 10 heteroatoms. The van der Waals surface area contributed by atoms with Gasteiger partial charge in [-0.15, -0.1) is 0 Å². The summed E-state index contributed by atoms with van der Waals surface area (Å²) in [6, 6.07) is 13.5. The summed E-state index contributed by atoms with van der Waals surface area (Å²) in [6.45, 7) is 0.0982. The number of imide groups is 1. The highest BCUT2D eigenvalue weighted by Gasteiger charge is 2.33. The molecule has 1 aliphatic rings. The van der Waals surface area contributed by atoms with E-state index in [9.17, 15) is 19.7 Å². The zero-order chi connectivity index (χ0) is 22.1. The Morgan fingerprint density at radius 1 is 1.06 bits per heavy atom. The van der Waals surface area contributed by atoms with Crippen LogP contribution in [0.5, 0.6) is 0 Å². The summed E-state index contributed by atoms with van der Waals surface area (Å²) in [7, 11) is 0. The number of nitro groups is 1. The predicted octanol–water partition coefficient (Wildman–Crippen LogP) is 5.25. The molecule has 1 N–H and O–H groups in total. The number of nitrogens with one attached hydrogen (secondary N) is 1. The van der Waals surface area contributed by atoms with Gasteiger partial charge in [-0.05, 0) is 35.9 Å². The second-order valence-corrected chi connectivity index (χ2v) is 7.47. The Bertz CT molecular complexity index is 1230. The van der Waals surface area contributed by atoms with Gasteiger partial charge in [-0.3, -0.25) is 19.8 Å². The minimum Gasteiger partial charge on any atom is -0.457 e. The van der Waals surface area contributed by atoms with Crippen LogP contribution in [0.15, 0.2) is 64.7 Å². The van der Waals surface area contributed by atoms with Crippen LogP contribution in [0.2, 0.25) is 10.0 Å². The fraction of sp³-hybridized carbons (Fsp3) is 0.0476. The van der Waals surface area contributed by atoms with E-state index in [1.807, 2.05) is 0 Å². The monoisotopic (exact) mass is 457 g/mol. The third-order valence-corrected chi connectivity index (χ3v) is 5.12. The van der Waals surface area contributed by atoms with E-state index in [0.717, 1.165) is 10.5 Å². The second kappa shape index (κ2) is 8.25. The summed E-state index contributed by atoms with van der Waals surface area (Å²) >= 11 is 12.0. The molecule has 4 rings (SSSR count). The number of amides is 3. The maximum atomic E-state index is 12.6. The van der Waals surface area contributed by atoms with Crippen molar-refractivity contribution in [1.82, 2.24) is 10.2 Å². The molecule has 0 atom stereocenters. The van der Waals surface area contributed by atoms with Gasteiger partial charge in [0.1, 0.15) is 17.2 Å². The average molecular weight is 458 g/mol. The van der Waals surface area contributed by atoms with Crippen LogP contribution in [-0.2, 0) is 11.3 Å². The van der Waals surface area contributed by atoms with Crippen LogP contribution in [0.25, 0.3) is 17.4 Å². The van der Waals surface area contributed by atoms with Crippen molar-refractivity contribution in [3.63, 3.8) is 0 Å². The van der Waals surface area contributed by atoms with Gasteiger partial charge >= 0.3 is 6.03 Å². The smallest absolute Gasteiger partial charge is 0.329 e. The van der Waals surface area contributed by atoms with E-state index in [2.05, 4.69) is 5.32 Å². The van der Waals surface area contributed by atoms with Gasteiger partial charge in [-0.25, -0.2) is 4.79 Å². The van der Waals surface area contributed by atoms with Crippen LogP contribution in [0, 0.1) is 10.1 Å². The third kappa shape index (κ3) is 4.30. The highest BCUT2D eigenvalue weighted by atomic mass is 35.5. The molecular weight excluding hydrogens is 445 g/mol. The van der Waals surface area contributed by atoms with Crippen molar-refractivity contribution in [2.75, 3.05) is 0 Å². The minimum atomic E-state index is -0.545. The highest BCUT2D eigenvalue weighted by Crippen LogP contribution is 2.33. The van der Waals surface area contributed by atoms with Crippen molar-refractivity contribution in [2.24, 2.45) is 0 Å². The number of non-ortho nitro benzene ring substituents is 1. The topological polar surface area (TPSA) is 106 Å². The number of benzene rings is 2. The number of urea groups is 1. The van der Waals surface area contributed by atoms with Crippen molar-refractivity contribution in [1.29, 1.82) is 0 Å². The van der Waals surface area contributed by atoms with E-state index in [4.69, 9.17) is 27.6 Å². The van der Waals surface area contributed by atoms with Crippen molar-refractivity contribution in [3.8, 4) is 11.3 Å². The summed E-state index contributed by atoms with van der Waals surface area (Å²) in [5, 5.41) is 14.1. The Hall–Kier alpha value is -3.62. The van der Waals surface area contributed by atoms with Crippen LogP contribution in [0.1, 0.15) is 11.3 Å². The van der Waals surface area contributed by atoms with Crippen LogP contribution >= 0.6 is 23.2 Å². The molecule has 2 aromatic carbocycles. The average Bonchev–Trinajstić information content (AvgIpc) is 3.29. The lowest BCUT2D eigenvalue weighted by Crippen LogP contribution is -2.30. The van der Waals surface area contributed by atoms with Crippen molar-refractivity contribution >= 4 is 46.9 Å². The van der Waals surface area contributed by atoms with Gasteiger partial charge < -0.3 is 9.73 Å². The fourth-order valence-electron chi connectivity index (χ4n) is 3.02. The lowest BCUT2D eigenvalue weighted by Gasteiger charge is -2.11. The third-order valence-electron chi connectivity index (χ3n) is 4.56. The zero-order valence-electron chi connectivity index (χ0n) is 15.7. The number of furan rings is 1.